The molecule has 0 radical (unpaired) electrons. The summed E-state index contributed by atoms with van der Waals surface area (Å²) >= 11 is 0. The molecule has 0 aliphatic heterocycles. The second kappa shape index (κ2) is 17.7. The Labute approximate surface area is 134 Å². The minimum atomic E-state index is 0.341. The Morgan fingerprint density at radius 1 is 0.571 bits per heavy atom. The molecule has 0 amide bonds. The molecule has 1 atom stereocenters. The highest BCUT2D eigenvalue weighted by Crippen LogP contribution is 2.16. The minimum absolute atomic E-state index is 0.341. The van der Waals surface area contributed by atoms with E-state index in [1.165, 1.54) is 96.2 Å². The molecule has 0 saturated carbocycles. The molecule has 0 spiro atoms. The highest BCUT2D eigenvalue weighted by Gasteiger charge is 2.05. The number of hydrogen-bond acceptors (Lipinski definition) is 1. The smallest absolute Gasteiger partial charge is 0.123 e. The van der Waals surface area contributed by atoms with E-state index in [-0.39, 0.29) is 0 Å². The molecule has 0 saturated heterocycles. The molecular weight excluding hydrogens is 256 g/mol. The quantitative estimate of drug-likeness (QED) is 0.207. The summed E-state index contributed by atoms with van der Waals surface area (Å²) in [6, 6.07) is 0. The maximum atomic E-state index is 10.9. The molecule has 0 rings (SSSR count). The fraction of sp³-hybridized carbons (Fsp3) is 0.950. The van der Waals surface area contributed by atoms with Crippen molar-refractivity contribution in [1.82, 2.24) is 0 Å². The van der Waals surface area contributed by atoms with Crippen molar-refractivity contribution in [3.8, 4) is 0 Å². The Hall–Kier alpha value is -0.330. The van der Waals surface area contributed by atoms with Crippen LogP contribution in [0.15, 0.2) is 0 Å². The van der Waals surface area contributed by atoms with Gasteiger partial charge in [0.25, 0.3) is 0 Å². The summed E-state index contributed by atoms with van der Waals surface area (Å²) in [5, 5.41) is 0. The van der Waals surface area contributed by atoms with Crippen LogP contribution >= 0.6 is 0 Å². The van der Waals surface area contributed by atoms with Crippen molar-refractivity contribution in [1.29, 1.82) is 0 Å². The molecule has 0 aliphatic carbocycles. The zero-order valence-electron chi connectivity index (χ0n) is 14.9. The Balaban J connectivity index is 3.16. The van der Waals surface area contributed by atoms with Crippen molar-refractivity contribution in [2.24, 2.45) is 5.92 Å². The first kappa shape index (κ1) is 20.7. The number of carbonyl (C=O) groups is 1. The molecule has 0 fully saturated rings. The highest BCUT2D eigenvalue weighted by atomic mass is 16.1. The maximum absolute atomic E-state index is 10.9. The molecule has 0 aromatic carbocycles. The summed E-state index contributed by atoms with van der Waals surface area (Å²) in [4.78, 5) is 10.9. The number of unbranched alkanes of at least 4 members (excludes halogenated alkanes) is 12. The molecular formula is C20H40O. The van der Waals surface area contributed by atoms with Crippen molar-refractivity contribution in [2.75, 3.05) is 0 Å². The normalized spacial score (nSPS) is 12.5. The van der Waals surface area contributed by atoms with Gasteiger partial charge in [-0.2, -0.15) is 0 Å². The molecule has 21 heavy (non-hydrogen) atoms. The second-order valence-corrected chi connectivity index (χ2v) is 6.72. The van der Waals surface area contributed by atoms with Gasteiger partial charge in [-0.3, -0.25) is 0 Å². The lowest BCUT2D eigenvalue weighted by Gasteiger charge is -2.09. The first-order valence-corrected chi connectivity index (χ1v) is 9.80. The van der Waals surface area contributed by atoms with Gasteiger partial charge in [-0.1, -0.05) is 104 Å². The first-order chi connectivity index (χ1) is 10.3. The number of aldehydes is 1. The van der Waals surface area contributed by atoms with Crippen LogP contribution in [0.2, 0.25) is 0 Å². The minimum Gasteiger partial charge on any atom is -0.303 e. The zero-order chi connectivity index (χ0) is 15.6. The van der Waals surface area contributed by atoms with E-state index in [1.54, 1.807) is 0 Å². The van der Waals surface area contributed by atoms with E-state index in [9.17, 15) is 4.79 Å². The Kier molecular flexibility index (Phi) is 17.4. The highest BCUT2D eigenvalue weighted by molar-refractivity contribution is 5.53. The first-order valence-electron chi connectivity index (χ1n) is 9.80. The van der Waals surface area contributed by atoms with Gasteiger partial charge in [0.15, 0.2) is 0 Å². The summed E-state index contributed by atoms with van der Waals surface area (Å²) in [5.74, 6) is 0.341. The number of hydrogen-bond donors (Lipinski definition) is 0. The predicted molar refractivity (Wildman–Crippen MR) is 94.8 cm³/mol. The van der Waals surface area contributed by atoms with Crippen molar-refractivity contribution >= 4 is 6.29 Å². The number of carbonyl (C=O) groups excluding carboxylic acids is 1. The third kappa shape index (κ3) is 15.9. The topological polar surface area (TPSA) is 17.1 Å². The zero-order valence-corrected chi connectivity index (χ0v) is 14.9. The van der Waals surface area contributed by atoms with Gasteiger partial charge < -0.3 is 4.79 Å². The monoisotopic (exact) mass is 296 g/mol. The van der Waals surface area contributed by atoms with Crippen LogP contribution in [0.1, 0.15) is 117 Å². The van der Waals surface area contributed by atoms with Gasteiger partial charge in [-0.05, 0) is 12.8 Å². The van der Waals surface area contributed by atoms with Gasteiger partial charge in [0, 0.05) is 5.92 Å². The van der Waals surface area contributed by atoms with Gasteiger partial charge in [0.2, 0.25) is 0 Å². The van der Waals surface area contributed by atoms with Gasteiger partial charge in [-0.15, -0.1) is 0 Å². The summed E-state index contributed by atoms with van der Waals surface area (Å²) in [6.45, 7) is 4.48. The second-order valence-electron chi connectivity index (χ2n) is 6.72. The third-order valence-corrected chi connectivity index (χ3v) is 4.55. The van der Waals surface area contributed by atoms with Crippen LogP contribution in [-0.4, -0.2) is 6.29 Å². The average Bonchev–Trinajstić information content (AvgIpc) is 2.51. The van der Waals surface area contributed by atoms with E-state index in [1.807, 2.05) is 0 Å². The summed E-state index contributed by atoms with van der Waals surface area (Å²) < 4.78 is 0. The van der Waals surface area contributed by atoms with E-state index < -0.39 is 0 Å². The summed E-state index contributed by atoms with van der Waals surface area (Å²) in [7, 11) is 0. The van der Waals surface area contributed by atoms with Crippen molar-refractivity contribution < 1.29 is 4.79 Å². The lowest BCUT2D eigenvalue weighted by atomic mass is 9.96. The van der Waals surface area contributed by atoms with Crippen molar-refractivity contribution in [2.45, 2.75) is 117 Å². The third-order valence-electron chi connectivity index (χ3n) is 4.55. The van der Waals surface area contributed by atoms with E-state index in [0.717, 1.165) is 12.8 Å². The van der Waals surface area contributed by atoms with Crippen LogP contribution in [0.5, 0.6) is 0 Å². The van der Waals surface area contributed by atoms with Crippen LogP contribution in [0.3, 0.4) is 0 Å². The maximum Gasteiger partial charge on any atom is 0.123 e. The molecule has 0 N–H and O–H groups in total. The lowest BCUT2D eigenvalue weighted by Crippen LogP contribution is -2.01. The lowest BCUT2D eigenvalue weighted by molar-refractivity contribution is -0.111. The van der Waals surface area contributed by atoms with Crippen LogP contribution in [0, 0.1) is 5.92 Å². The molecule has 1 heteroatoms. The van der Waals surface area contributed by atoms with E-state index in [0.29, 0.717) is 5.92 Å². The molecule has 1 nitrogen and oxygen atoms in total. The molecule has 126 valence electrons. The summed E-state index contributed by atoms with van der Waals surface area (Å²) in [6.07, 6.45) is 22.6. The fourth-order valence-corrected chi connectivity index (χ4v) is 2.99. The Morgan fingerprint density at radius 3 is 1.38 bits per heavy atom. The standard InChI is InChI=1S/C20H40O/c1-3-5-7-8-9-10-11-12-13-14-15-16-18-20(19-21)17-6-4-2/h19-20H,3-18H2,1-2H3. The van der Waals surface area contributed by atoms with Crippen LogP contribution in [0.25, 0.3) is 0 Å². The van der Waals surface area contributed by atoms with Crippen LogP contribution in [-0.2, 0) is 4.79 Å². The van der Waals surface area contributed by atoms with Gasteiger partial charge in [-0.25, -0.2) is 0 Å². The largest absolute Gasteiger partial charge is 0.303 e. The van der Waals surface area contributed by atoms with E-state index in [2.05, 4.69) is 13.8 Å². The van der Waals surface area contributed by atoms with Crippen LogP contribution in [0.4, 0.5) is 0 Å². The predicted octanol–water partition coefficient (Wildman–Crippen LogP) is 7.08. The van der Waals surface area contributed by atoms with Gasteiger partial charge in [0.1, 0.15) is 6.29 Å². The molecule has 0 heterocycles. The van der Waals surface area contributed by atoms with Gasteiger partial charge in [0.05, 0.1) is 0 Å². The van der Waals surface area contributed by atoms with Crippen LogP contribution < -0.4 is 0 Å². The van der Waals surface area contributed by atoms with Crippen molar-refractivity contribution in [3.05, 3.63) is 0 Å². The summed E-state index contributed by atoms with van der Waals surface area (Å²) in [5.41, 5.74) is 0. The fourth-order valence-electron chi connectivity index (χ4n) is 2.99. The number of rotatable bonds is 17. The molecule has 0 aromatic heterocycles. The van der Waals surface area contributed by atoms with E-state index >= 15 is 0 Å². The SMILES string of the molecule is CCCCCCCCCCCCCCC(C=O)CCCC. The molecule has 0 aliphatic rings. The molecule has 1 unspecified atom stereocenters. The molecule has 0 aromatic rings. The Morgan fingerprint density at radius 2 is 0.952 bits per heavy atom. The van der Waals surface area contributed by atoms with Crippen molar-refractivity contribution in [3.63, 3.8) is 0 Å². The van der Waals surface area contributed by atoms with E-state index in [4.69, 9.17) is 0 Å². The average molecular weight is 297 g/mol. The van der Waals surface area contributed by atoms with Gasteiger partial charge >= 0.3 is 0 Å². The molecule has 0 bridgehead atoms. The Bertz CT molecular complexity index is 200.